The summed E-state index contributed by atoms with van der Waals surface area (Å²) in [7, 11) is 0. The molecule has 1 aliphatic carbocycles. The van der Waals surface area contributed by atoms with E-state index in [2.05, 4.69) is 32.1 Å². The molecule has 0 aromatic rings. The summed E-state index contributed by atoms with van der Waals surface area (Å²) in [5.41, 5.74) is 1.68. The Hall–Kier alpha value is -0.560. The molecule has 1 unspecified atom stereocenters. The Kier molecular flexibility index (Phi) is 2.29. The van der Waals surface area contributed by atoms with E-state index >= 15 is 0 Å². The predicted octanol–water partition coefficient (Wildman–Crippen LogP) is 3.08. The molecular formula is C12H18O. The lowest BCUT2D eigenvalue weighted by Crippen LogP contribution is -2.34. The van der Waals surface area contributed by atoms with Crippen LogP contribution in [0.15, 0.2) is 23.8 Å². The highest BCUT2D eigenvalue weighted by Crippen LogP contribution is 2.38. The summed E-state index contributed by atoms with van der Waals surface area (Å²) in [6.07, 6.45) is 10.7. The van der Waals surface area contributed by atoms with Crippen molar-refractivity contribution in [1.82, 2.24) is 0 Å². The van der Waals surface area contributed by atoms with E-state index in [9.17, 15) is 0 Å². The van der Waals surface area contributed by atoms with Gasteiger partial charge < -0.3 is 4.74 Å². The molecule has 0 saturated heterocycles. The third-order valence-electron chi connectivity index (χ3n) is 2.98. The van der Waals surface area contributed by atoms with Gasteiger partial charge >= 0.3 is 0 Å². The number of hydrogen-bond donors (Lipinski definition) is 0. The minimum atomic E-state index is 0.283. The highest BCUT2D eigenvalue weighted by Gasteiger charge is 2.34. The minimum absolute atomic E-state index is 0.283. The fraction of sp³-hybridized carbons (Fsp3) is 0.667. The van der Waals surface area contributed by atoms with Gasteiger partial charge in [0, 0.05) is 6.61 Å². The van der Waals surface area contributed by atoms with Crippen molar-refractivity contribution < 1.29 is 4.74 Å². The Labute approximate surface area is 80.5 Å². The molecule has 1 nitrogen and oxygen atoms in total. The Bertz CT molecular complexity index is 248. The molecule has 0 amide bonds. The Morgan fingerprint density at radius 1 is 1.46 bits per heavy atom. The summed E-state index contributed by atoms with van der Waals surface area (Å²) in [6.45, 7) is 5.50. The first-order valence-corrected chi connectivity index (χ1v) is 5.18. The molecule has 0 aromatic heterocycles. The van der Waals surface area contributed by atoms with Crippen LogP contribution in [0.1, 0.15) is 33.1 Å². The highest BCUT2D eigenvalue weighted by atomic mass is 16.5. The molecule has 0 saturated carbocycles. The Morgan fingerprint density at radius 3 is 3.15 bits per heavy atom. The van der Waals surface area contributed by atoms with Crippen LogP contribution in [0.4, 0.5) is 0 Å². The molecule has 0 N–H and O–H groups in total. The van der Waals surface area contributed by atoms with Crippen LogP contribution >= 0.6 is 0 Å². The second-order valence-electron chi connectivity index (χ2n) is 4.69. The van der Waals surface area contributed by atoms with Crippen molar-refractivity contribution in [3.8, 4) is 0 Å². The number of fused-ring (bicyclic) bond motifs is 1. The summed E-state index contributed by atoms with van der Waals surface area (Å²) in [5.74, 6) is 0. The van der Waals surface area contributed by atoms with Crippen molar-refractivity contribution >= 4 is 0 Å². The normalized spacial score (nSPS) is 31.8. The van der Waals surface area contributed by atoms with E-state index in [1.54, 1.807) is 0 Å². The lowest BCUT2D eigenvalue weighted by atomic mass is 9.76. The molecule has 2 aliphatic rings. The van der Waals surface area contributed by atoms with Crippen LogP contribution in [0.25, 0.3) is 0 Å². The quantitative estimate of drug-likeness (QED) is 0.554. The van der Waals surface area contributed by atoms with Gasteiger partial charge in [-0.2, -0.15) is 0 Å². The molecule has 1 heterocycles. The molecule has 2 rings (SSSR count). The standard InChI is InChI=1S/C12H18O/c1-12(2)8-5-7-10-6-3-4-9-13-11(10)12/h5-7,11H,3-4,8-9H2,1-2H3. The van der Waals surface area contributed by atoms with Crippen molar-refractivity contribution in [1.29, 1.82) is 0 Å². The molecule has 0 spiro atoms. The smallest absolute Gasteiger partial charge is 0.0875 e. The summed E-state index contributed by atoms with van der Waals surface area (Å²) in [6, 6.07) is 0. The van der Waals surface area contributed by atoms with Gasteiger partial charge in [-0.3, -0.25) is 0 Å². The zero-order valence-electron chi connectivity index (χ0n) is 8.55. The lowest BCUT2D eigenvalue weighted by molar-refractivity contribution is 0.00231. The second kappa shape index (κ2) is 3.30. The van der Waals surface area contributed by atoms with Gasteiger partial charge in [-0.05, 0) is 30.3 Å². The maximum atomic E-state index is 5.90. The monoisotopic (exact) mass is 178 g/mol. The third kappa shape index (κ3) is 1.71. The van der Waals surface area contributed by atoms with Crippen molar-refractivity contribution in [3.63, 3.8) is 0 Å². The fourth-order valence-corrected chi connectivity index (χ4v) is 2.19. The average molecular weight is 178 g/mol. The first-order chi connectivity index (χ1) is 6.20. The van der Waals surface area contributed by atoms with Crippen molar-refractivity contribution in [2.75, 3.05) is 6.61 Å². The molecule has 0 bridgehead atoms. The van der Waals surface area contributed by atoms with E-state index in [0.717, 1.165) is 13.0 Å². The van der Waals surface area contributed by atoms with E-state index in [1.807, 2.05) is 0 Å². The molecular weight excluding hydrogens is 160 g/mol. The van der Waals surface area contributed by atoms with E-state index in [1.165, 1.54) is 18.4 Å². The molecule has 0 fully saturated rings. The molecule has 0 aromatic carbocycles. The van der Waals surface area contributed by atoms with E-state index < -0.39 is 0 Å². The van der Waals surface area contributed by atoms with Crippen LogP contribution in [-0.4, -0.2) is 12.7 Å². The topological polar surface area (TPSA) is 9.23 Å². The zero-order valence-corrected chi connectivity index (χ0v) is 8.55. The van der Waals surface area contributed by atoms with E-state index in [-0.39, 0.29) is 5.41 Å². The van der Waals surface area contributed by atoms with E-state index in [0.29, 0.717) is 6.10 Å². The average Bonchev–Trinajstić information content (AvgIpc) is 2.29. The van der Waals surface area contributed by atoms with Crippen LogP contribution in [0.3, 0.4) is 0 Å². The van der Waals surface area contributed by atoms with Crippen LogP contribution in [-0.2, 0) is 4.74 Å². The SMILES string of the molecule is CC1(C)CC=CC2=CCCCOC21. The largest absolute Gasteiger partial charge is 0.373 e. The Balaban J connectivity index is 2.29. The van der Waals surface area contributed by atoms with Gasteiger partial charge in [-0.25, -0.2) is 0 Å². The van der Waals surface area contributed by atoms with Crippen molar-refractivity contribution in [2.24, 2.45) is 5.41 Å². The van der Waals surface area contributed by atoms with Crippen LogP contribution in [0, 0.1) is 5.41 Å². The fourth-order valence-electron chi connectivity index (χ4n) is 2.19. The molecule has 1 aliphatic heterocycles. The highest BCUT2D eigenvalue weighted by molar-refractivity contribution is 5.30. The first kappa shape index (κ1) is 9.01. The van der Waals surface area contributed by atoms with Crippen molar-refractivity contribution in [3.05, 3.63) is 23.8 Å². The van der Waals surface area contributed by atoms with Gasteiger partial charge in [0.1, 0.15) is 0 Å². The number of ether oxygens (including phenoxy) is 1. The number of allylic oxidation sites excluding steroid dienone is 2. The van der Waals surface area contributed by atoms with Crippen LogP contribution in [0.5, 0.6) is 0 Å². The van der Waals surface area contributed by atoms with Crippen molar-refractivity contribution in [2.45, 2.75) is 39.2 Å². The number of rotatable bonds is 0. The molecule has 1 heteroatoms. The van der Waals surface area contributed by atoms with Gasteiger partial charge in [0.2, 0.25) is 0 Å². The Morgan fingerprint density at radius 2 is 2.31 bits per heavy atom. The molecule has 72 valence electrons. The maximum Gasteiger partial charge on any atom is 0.0875 e. The van der Waals surface area contributed by atoms with Gasteiger partial charge in [-0.15, -0.1) is 0 Å². The van der Waals surface area contributed by atoms with Gasteiger partial charge in [0.15, 0.2) is 0 Å². The molecule has 0 radical (unpaired) electrons. The van der Waals surface area contributed by atoms with E-state index in [4.69, 9.17) is 4.74 Å². The summed E-state index contributed by atoms with van der Waals surface area (Å²) in [5, 5.41) is 0. The molecule has 1 atom stereocenters. The number of hydrogen-bond acceptors (Lipinski definition) is 1. The lowest BCUT2D eigenvalue weighted by Gasteiger charge is -2.36. The first-order valence-electron chi connectivity index (χ1n) is 5.18. The van der Waals surface area contributed by atoms with Crippen LogP contribution in [0.2, 0.25) is 0 Å². The summed E-state index contributed by atoms with van der Waals surface area (Å²) in [4.78, 5) is 0. The molecule has 13 heavy (non-hydrogen) atoms. The minimum Gasteiger partial charge on any atom is -0.373 e. The van der Waals surface area contributed by atoms with Gasteiger partial charge in [-0.1, -0.05) is 32.1 Å². The second-order valence-corrected chi connectivity index (χ2v) is 4.69. The zero-order chi connectivity index (χ0) is 9.31. The predicted molar refractivity (Wildman–Crippen MR) is 54.6 cm³/mol. The van der Waals surface area contributed by atoms with Gasteiger partial charge in [0.05, 0.1) is 6.10 Å². The summed E-state index contributed by atoms with van der Waals surface area (Å²) >= 11 is 0. The third-order valence-corrected chi connectivity index (χ3v) is 2.98. The maximum absolute atomic E-state index is 5.90. The van der Waals surface area contributed by atoms with Crippen LogP contribution < -0.4 is 0 Å². The summed E-state index contributed by atoms with van der Waals surface area (Å²) < 4.78 is 5.90. The van der Waals surface area contributed by atoms with Gasteiger partial charge in [0.25, 0.3) is 0 Å².